The number of rotatable bonds is 6. The van der Waals surface area contributed by atoms with Gasteiger partial charge in [0, 0.05) is 31.5 Å². The van der Waals surface area contributed by atoms with Crippen LogP contribution in [0.25, 0.3) is 5.69 Å². The Morgan fingerprint density at radius 2 is 1.66 bits per heavy atom. The molecule has 0 aliphatic carbocycles. The highest BCUT2D eigenvalue weighted by molar-refractivity contribution is 5.99. The maximum atomic E-state index is 13.3. The molecule has 0 atom stereocenters. The van der Waals surface area contributed by atoms with Crippen LogP contribution in [0.3, 0.4) is 0 Å². The zero-order valence-electron chi connectivity index (χ0n) is 19.7. The maximum Gasteiger partial charge on any atom is 0.309 e. The lowest BCUT2D eigenvalue weighted by Crippen LogP contribution is -2.45. The summed E-state index contributed by atoms with van der Waals surface area (Å²) in [5.41, 5.74) is 4.46. The largest absolute Gasteiger partial charge is 0.466 e. The van der Waals surface area contributed by atoms with Crippen LogP contribution in [0.2, 0.25) is 0 Å². The molecule has 1 aromatic carbocycles. The molecule has 0 bridgehead atoms. The maximum absolute atomic E-state index is 13.3. The van der Waals surface area contributed by atoms with Crippen molar-refractivity contribution in [3.63, 3.8) is 0 Å². The van der Waals surface area contributed by atoms with E-state index < -0.39 is 0 Å². The van der Waals surface area contributed by atoms with E-state index in [0.717, 1.165) is 22.6 Å². The van der Waals surface area contributed by atoms with Crippen LogP contribution in [-0.2, 0) is 14.3 Å². The van der Waals surface area contributed by atoms with Crippen LogP contribution in [0.15, 0.2) is 30.3 Å². The fourth-order valence-electron chi connectivity index (χ4n) is 4.27. The van der Waals surface area contributed by atoms with Gasteiger partial charge in [0.2, 0.25) is 5.91 Å². The number of hydrogen-bond acceptors (Lipinski definition) is 4. The van der Waals surface area contributed by atoms with Gasteiger partial charge in [-0.3, -0.25) is 14.4 Å². The van der Waals surface area contributed by atoms with E-state index in [2.05, 4.69) is 4.57 Å². The standard InChI is InChI=1S/C25H33N3O4/c1-6-32-25(31)20-11-13-27(14-12-20)23(29)16-26(5)24(30)21-15-17(2)7-10-22(21)28-18(3)8-9-19(28)4/h7-10,15,20H,6,11-14,16H2,1-5H3. The molecule has 0 radical (unpaired) electrons. The number of likely N-dealkylation sites (N-methyl/N-ethyl adjacent to an activating group) is 1. The van der Waals surface area contributed by atoms with E-state index >= 15 is 0 Å². The fraction of sp³-hybridized carbons (Fsp3) is 0.480. The molecule has 0 spiro atoms. The van der Waals surface area contributed by atoms with Crippen molar-refractivity contribution in [1.82, 2.24) is 14.4 Å². The van der Waals surface area contributed by atoms with Gasteiger partial charge < -0.3 is 19.1 Å². The number of carbonyl (C=O) groups is 3. The second-order valence-electron chi connectivity index (χ2n) is 8.54. The molecular weight excluding hydrogens is 406 g/mol. The minimum Gasteiger partial charge on any atom is -0.466 e. The van der Waals surface area contributed by atoms with Gasteiger partial charge in [-0.1, -0.05) is 11.6 Å². The van der Waals surface area contributed by atoms with E-state index in [1.807, 2.05) is 51.1 Å². The van der Waals surface area contributed by atoms with Gasteiger partial charge in [0.25, 0.3) is 5.91 Å². The number of nitrogens with zero attached hydrogens (tertiary/aromatic N) is 3. The summed E-state index contributed by atoms with van der Waals surface area (Å²) in [7, 11) is 1.66. The Bertz CT molecular complexity index is 983. The van der Waals surface area contributed by atoms with Crippen molar-refractivity contribution in [3.05, 3.63) is 52.8 Å². The van der Waals surface area contributed by atoms with Crippen LogP contribution < -0.4 is 0 Å². The van der Waals surface area contributed by atoms with Gasteiger partial charge in [-0.25, -0.2) is 0 Å². The molecule has 1 fully saturated rings. The molecule has 2 amide bonds. The summed E-state index contributed by atoms with van der Waals surface area (Å²) in [6.07, 6.45) is 1.19. The fourth-order valence-corrected chi connectivity index (χ4v) is 4.27. The van der Waals surface area contributed by atoms with Crippen molar-refractivity contribution in [2.75, 3.05) is 33.3 Å². The number of aromatic nitrogens is 1. The first-order chi connectivity index (χ1) is 15.2. The highest BCUT2D eigenvalue weighted by Gasteiger charge is 2.29. The van der Waals surface area contributed by atoms with Gasteiger partial charge in [-0.05, 0) is 64.8 Å². The molecule has 7 heteroatoms. The summed E-state index contributed by atoms with van der Waals surface area (Å²) in [4.78, 5) is 41.3. The van der Waals surface area contributed by atoms with Crippen molar-refractivity contribution in [1.29, 1.82) is 0 Å². The molecule has 32 heavy (non-hydrogen) atoms. The summed E-state index contributed by atoms with van der Waals surface area (Å²) in [5, 5.41) is 0. The lowest BCUT2D eigenvalue weighted by atomic mass is 9.97. The number of likely N-dealkylation sites (tertiary alicyclic amines) is 1. The minimum absolute atomic E-state index is 0.0000683. The third-order valence-corrected chi connectivity index (χ3v) is 6.08. The molecule has 0 saturated carbocycles. The third kappa shape index (κ3) is 5.03. The number of amides is 2. The molecule has 1 aromatic heterocycles. The lowest BCUT2D eigenvalue weighted by molar-refractivity contribution is -0.151. The van der Waals surface area contributed by atoms with Crippen molar-refractivity contribution >= 4 is 17.8 Å². The summed E-state index contributed by atoms with van der Waals surface area (Å²) < 4.78 is 7.15. The van der Waals surface area contributed by atoms with E-state index in [0.29, 0.717) is 38.1 Å². The Morgan fingerprint density at radius 1 is 1.03 bits per heavy atom. The molecule has 7 nitrogen and oxygen atoms in total. The van der Waals surface area contributed by atoms with Crippen LogP contribution in [-0.4, -0.2) is 65.4 Å². The summed E-state index contributed by atoms with van der Waals surface area (Å²) >= 11 is 0. The highest BCUT2D eigenvalue weighted by atomic mass is 16.5. The Hall–Kier alpha value is -3.09. The normalized spacial score (nSPS) is 14.3. The van der Waals surface area contributed by atoms with Crippen LogP contribution in [0.1, 0.15) is 47.1 Å². The van der Waals surface area contributed by atoms with Crippen LogP contribution in [0, 0.1) is 26.7 Å². The average Bonchev–Trinajstić information content (AvgIpc) is 3.11. The molecule has 3 rings (SSSR count). The Morgan fingerprint density at radius 3 is 2.25 bits per heavy atom. The van der Waals surface area contributed by atoms with E-state index in [9.17, 15) is 14.4 Å². The zero-order valence-corrected chi connectivity index (χ0v) is 19.7. The number of carbonyl (C=O) groups excluding carboxylic acids is 3. The van der Waals surface area contributed by atoms with E-state index in [-0.39, 0.29) is 30.2 Å². The molecular formula is C25H33N3O4. The van der Waals surface area contributed by atoms with E-state index in [1.54, 1.807) is 18.9 Å². The first-order valence-electron chi connectivity index (χ1n) is 11.2. The molecule has 1 aliphatic rings. The van der Waals surface area contributed by atoms with Gasteiger partial charge in [0.05, 0.1) is 30.3 Å². The second-order valence-corrected chi connectivity index (χ2v) is 8.54. The SMILES string of the molecule is CCOC(=O)C1CCN(C(=O)CN(C)C(=O)c2cc(C)ccc2-n2c(C)ccc2C)CC1. The number of ether oxygens (including phenoxy) is 1. The first-order valence-corrected chi connectivity index (χ1v) is 11.2. The Balaban J connectivity index is 1.70. The smallest absolute Gasteiger partial charge is 0.309 e. The average molecular weight is 440 g/mol. The number of aryl methyl sites for hydroxylation is 3. The molecule has 0 unspecified atom stereocenters. The molecule has 1 saturated heterocycles. The molecule has 2 heterocycles. The van der Waals surface area contributed by atoms with Gasteiger partial charge >= 0.3 is 5.97 Å². The molecule has 2 aromatic rings. The minimum atomic E-state index is -0.189. The van der Waals surface area contributed by atoms with Gasteiger partial charge in [-0.2, -0.15) is 0 Å². The molecule has 0 N–H and O–H groups in total. The first kappa shape index (κ1) is 23.6. The van der Waals surface area contributed by atoms with Crippen molar-refractivity contribution < 1.29 is 19.1 Å². The monoisotopic (exact) mass is 439 g/mol. The van der Waals surface area contributed by atoms with Crippen molar-refractivity contribution in [3.8, 4) is 5.69 Å². The number of hydrogen-bond donors (Lipinski definition) is 0. The second kappa shape index (κ2) is 10.0. The molecule has 172 valence electrons. The van der Waals surface area contributed by atoms with Crippen LogP contribution in [0.5, 0.6) is 0 Å². The van der Waals surface area contributed by atoms with Gasteiger partial charge in [0.1, 0.15) is 0 Å². The topological polar surface area (TPSA) is 71.8 Å². The Labute approximate surface area is 189 Å². The highest BCUT2D eigenvalue weighted by Crippen LogP contribution is 2.23. The number of piperidine rings is 1. The van der Waals surface area contributed by atoms with Crippen LogP contribution in [0.4, 0.5) is 0 Å². The van der Waals surface area contributed by atoms with Gasteiger partial charge in [-0.15, -0.1) is 0 Å². The zero-order chi connectivity index (χ0) is 23.4. The predicted molar refractivity (Wildman–Crippen MR) is 123 cm³/mol. The summed E-state index contributed by atoms with van der Waals surface area (Å²) in [6.45, 7) is 9.14. The van der Waals surface area contributed by atoms with Crippen molar-refractivity contribution in [2.45, 2.75) is 40.5 Å². The Kier molecular flexibility index (Phi) is 7.38. The van der Waals surface area contributed by atoms with Crippen molar-refractivity contribution in [2.24, 2.45) is 5.92 Å². The quantitative estimate of drug-likeness (QED) is 0.648. The molecule has 1 aliphatic heterocycles. The van der Waals surface area contributed by atoms with E-state index in [1.165, 1.54) is 4.90 Å². The number of benzene rings is 1. The van der Waals surface area contributed by atoms with Crippen LogP contribution >= 0.6 is 0 Å². The third-order valence-electron chi connectivity index (χ3n) is 6.08. The lowest BCUT2D eigenvalue weighted by Gasteiger charge is -2.32. The summed E-state index contributed by atoms with van der Waals surface area (Å²) in [6, 6.07) is 9.87. The number of esters is 1. The van der Waals surface area contributed by atoms with Gasteiger partial charge in [0.15, 0.2) is 0 Å². The predicted octanol–water partition coefficient (Wildman–Crippen LogP) is 3.28. The van der Waals surface area contributed by atoms with E-state index in [4.69, 9.17) is 4.74 Å². The summed E-state index contributed by atoms with van der Waals surface area (Å²) in [5.74, 6) is -0.632.